The number of likely N-dealkylation sites (N-methyl/N-ethyl adjacent to an activating group) is 1. The second-order valence-corrected chi connectivity index (χ2v) is 5.65. The highest BCUT2D eigenvalue weighted by molar-refractivity contribution is 5.22. The maximum Gasteiger partial charge on any atom is 0.158 e. The van der Waals surface area contributed by atoms with Crippen LogP contribution < -0.4 is 5.73 Å². The largest absolute Gasteiger partial charge is 0.356 e. The molecule has 20 heavy (non-hydrogen) atoms. The Kier molecular flexibility index (Phi) is 6.62. The summed E-state index contributed by atoms with van der Waals surface area (Å²) in [6.07, 6.45) is 0.502. The number of nitrogens with zero attached hydrogens (tertiary/aromatic N) is 1. The molecular formula is C16H28N2O2. The van der Waals surface area contributed by atoms with Gasteiger partial charge in [-0.25, -0.2) is 0 Å². The van der Waals surface area contributed by atoms with Gasteiger partial charge in [0.2, 0.25) is 0 Å². The smallest absolute Gasteiger partial charge is 0.158 e. The van der Waals surface area contributed by atoms with Crippen molar-refractivity contribution >= 4 is 0 Å². The Morgan fingerprint density at radius 1 is 1.30 bits per heavy atom. The fraction of sp³-hybridized carbons (Fsp3) is 0.625. The molecule has 0 bridgehead atoms. The Morgan fingerprint density at radius 2 is 1.95 bits per heavy atom. The van der Waals surface area contributed by atoms with E-state index in [1.807, 2.05) is 0 Å². The number of aryl methyl sites for hydroxylation is 1. The van der Waals surface area contributed by atoms with Crippen LogP contribution in [0.25, 0.3) is 0 Å². The third-order valence-electron chi connectivity index (χ3n) is 4.00. The van der Waals surface area contributed by atoms with E-state index in [9.17, 15) is 0 Å². The Labute approximate surface area is 122 Å². The van der Waals surface area contributed by atoms with Gasteiger partial charge in [0.25, 0.3) is 0 Å². The third kappa shape index (κ3) is 4.56. The van der Waals surface area contributed by atoms with Crippen LogP contribution in [0, 0.1) is 6.92 Å². The Balaban J connectivity index is 2.77. The van der Waals surface area contributed by atoms with Crippen LogP contribution in [0.2, 0.25) is 0 Å². The van der Waals surface area contributed by atoms with E-state index in [-0.39, 0.29) is 11.8 Å². The van der Waals surface area contributed by atoms with Crippen molar-refractivity contribution in [2.45, 2.75) is 38.6 Å². The molecule has 0 spiro atoms. The van der Waals surface area contributed by atoms with Crippen molar-refractivity contribution in [1.29, 1.82) is 0 Å². The summed E-state index contributed by atoms with van der Waals surface area (Å²) >= 11 is 0. The zero-order valence-electron chi connectivity index (χ0n) is 13.3. The van der Waals surface area contributed by atoms with E-state index >= 15 is 0 Å². The van der Waals surface area contributed by atoms with Crippen LogP contribution in [0.5, 0.6) is 0 Å². The highest BCUT2D eigenvalue weighted by Crippen LogP contribution is 2.22. The third-order valence-corrected chi connectivity index (χ3v) is 4.00. The Morgan fingerprint density at radius 3 is 2.45 bits per heavy atom. The van der Waals surface area contributed by atoms with Crippen molar-refractivity contribution in [3.63, 3.8) is 0 Å². The lowest BCUT2D eigenvalue weighted by Gasteiger charge is -2.39. The van der Waals surface area contributed by atoms with Crippen molar-refractivity contribution in [3.8, 4) is 0 Å². The van der Waals surface area contributed by atoms with Gasteiger partial charge < -0.3 is 15.2 Å². The number of rotatable bonds is 8. The van der Waals surface area contributed by atoms with Crippen molar-refractivity contribution in [3.05, 3.63) is 35.4 Å². The normalized spacial score (nSPS) is 14.8. The molecule has 0 heterocycles. The molecule has 4 heteroatoms. The summed E-state index contributed by atoms with van der Waals surface area (Å²) in [6, 6.07) is 8.55. The molecule has 0 radical (unpaired) electrons. The molecule has 0 fully saturated rings. The van der Waals surface area contributed by atoms with Gasteiger partial charge in [0.1, 0.15) is 0 Å². The average Bonchev–Trinajstić information content (AvgIpc) is 2.44. The van der Waals surface area contributed by atoms with Crippen molar-refractivity contribution < 1.29 is 9.47 Å². The summed E-state index contributed by atoms with van der Waals surface area (Å²) in [5, 5.41) is 0. The molecule has 0 aromatic heterocycles. The summed E-state index contributed by atoms with van der Waals surface area (Å²) in [5.74, 6) is 0. The lowest BCUT2D eigenvalue weighted by molar-refractivity contribution is -0.127. The number of nitrogens with two attached hydrogens (primary N) is 1. The standard InChI is InChI=1S/C16H28N2O2/c1-13-7-6-8-14(9-13)11-18(3)16(2,12-17)10-15(19-4)20-5/h6-9,15H,10-12,17H2,1-5H3. The van der Waals surface area contributed by atoms with Crippen molar-refractivity contribution in [2.75, 3.05) is 27.8 Å². The predicted molar refractivity (Wildman–Crippen MR) is 82.5 cm³/mol. The van der Waals surface area contributed by atoms with Gasteiger partial charge in [0.05, 0.1) is 0 Å². The second-order valence-electron chi connectivity index (χ2n) is 5.65. The topological polar surface area (TPSA) is 47.7 Å². The fourth-order valence-corrected chi connectivity index (χ4v) is 2.29. The summed E-state index contributed by atoms with van der Waals surface area (Å²) in [4.78, 5) is 2.27. The van der Waals surface area contributed by atoms with Crippen molar-refractivity contribution in [1.82, 2.24) is 4.90 Å². The molecule has 1 unspecified atom stereocenters. The minimum Gasteiger partial charge on any atom is -0.356 e. The molecule has 2 N–H and O–H groups in total. The van der Waals surface area contributed by atoms with Gasteiger partial charge in [-0.05, 0) is 26.5 Å². The van der Waals surface area contributed by atoms with E-state index in [0.717, 1.165) is 13.0 Å². The molecule has 0 saturated carbocycles. The predicted octanol–water partition coefficient (Wildman–Crippen LogP) is 2.15. The number of hydrogen-bond acceptors (Lipinski definition) is 4. The lowest BCUT2D eigenvalue weighted by Crippen LogP contribution is -2.51. The van der Waals surface area contributed by atoms with Crippen LogP contribution >= 0.6 is 0 Å². The van der Waals surface area contributed by atoms with E-state index in [4.69, 9.17) is 15.2 Å². The van der Waals surface area contributed by atoms with Crippen LogP contribution in [0.15, 0.2) is 24.3 Å². The van der Waals surface area contributed by atoms with Crippen LogP contribution in [-0.2, 0) is 16.0 Å². The molecule has 1 aromatic carbocycles. The first-order valence-electron chi connectivity index (χ1n) is 6.97. The molecule has 0 aliphatic heterocycles. The first-order valence-corrected chi connectivity index (χ1v) is 6.97. The van der Waals surface area contributed by atoms with Crippen LogP contribution in [0.3, 0.4) is 0 Å². The van der Waals surface area contributed by atoms with Crippen LogP contribution in [0.4, 0.5) is 0 Å². The van der Waals surface area contributed by atoms with E-state index in [1.54, 1.807) is 14.2 Å². The summed E-state index contributed by atoms with van der Waals surface area (Å²) < 4.78 is 10.6. The highest BCUT2D eigenvalue weighted by Gasteiger charge is 2.31. The minimum atomic E-state index is -0.233. The van der Waals surface area contributed by atoms with E-state index in [0.29, 0.717) is 6.54 Å². The average molecular weight is 280 g/mol. The molecule has 114 valence electrons. The number of hydrogen-bond donors (Lipinski definition) is 1. The van der Waals surface area contributed by atoms with Gasteiger partial charge in [-0.1, -0.05) is 29.8 Å². The van der Waals surface area contributed by atoms with Crippen LogP contribution in [-0.4, -0.2) is 44.5 Å². The van der Waals surface area contributed by atoms with Gasteiger partial charge in [-0.2, -0.15) is 0 Å². The summed E-state index contributed by atoms with van der Waals surface area (Å²) in [6.45, 7) is 5.67. The minimum absolute atomic E-state index is 0.166. The molecular weight excluding hydrogens is 252 g/mol. The fourth-order valence-electron chi connectivity index (χ4n) is 2.29. The summed E-state index contributed by atoms with van der Waals surface area (Å²) in [5.41, 5.74) is 8.40. The van der Waals surface area contributed by atoms with Gasteiger partial charge in [-0.15, -0.1) is 0 Å². The molecule has 0 aliphatic rings. The van der Waals surface area contributed by atoms with Crippen LogP contribution in [0.1, 0.15) is 24.5 Å². The van der Waals surface area contributed by atoms with Gasteiger partial charge >= 0.3 is 0 Å². The van der Waals surface area contributed by atoms with Gasteiger partial charge in [0, 0.05) is 39.3 Å². The summed E-state index contributed by atoms with van der Waals surface area (Å²) in [7, 11) is 5.41. The number of benzene rings is 1. The molecule has 1 aromatic rings. The zero-order valence-corrected chi connectivity index (χ0v) is 13.3. The number of ether oxygens (including phenoxy) is 2. The molecule has 0 amide bonds. The first kappa shape index (κ1) is 17.1. The van der Waals surface area contributed by atoms with Gasteiger partial charge in [0.15, 0.2) is 6.29 Å². The molecule has 1 atom stereocenters. The molecule has 1 rings (SSSR count). The lowest BCUT2D eigenvalue weighted by atomic mass is 9.94. The number of methoxy groups -OCH3 is 2. The monoisotopic (exact) mass is 280 g/mol. The van der Waals surface area contributed by atoms with E-state index in [2.05, 4.69) is 50.1 Å². The maximum absolute atomic E-state index is 6.00. The Bertz CT molecular complexity index is 407. The van der Waals surface area contributed by atoms with Gasteiger partial charge in [-0.3, -0.25) is 4.90 Å². The maximum atomic E-state index is 6.00. The molecule has 4 nitrogen and oxygen atoms in total. The van der Waals surface area contributed by atoms with Crippen molar-refractivity contribution in [2.24, 2.45) is 5.73 Å². The Hall–Kier alpha value is -0.940. The van der Waals surface area contributed by atoms with E-state index in [1.165, 1.54) is 11.1 Å². The highest BCUT2D eigenvalue weighted by atomic mass is 16.7. The van der Waals surface area contributed by atoms with E-state index < -0.39 is 0 Å². The zero-order chi connectivity index (χ0) is 15.2. The first-order chi connectivity index (χ1) is 9.45. The molecule has 0 aliphatic carbocycles. The second kappa shape index (κ2) is 7.74. The SMILES string of the molecule is COC(CC(C)(CN)N(C)Cc1cccc(C)c1)OC. The molecule has 0 saturated heterocycles. The quantitative estimate of drug-likeness (QED) is 0.741.